The van der Waals surface area contributed by atoms with Crippen LogP contribution < -0.4 is 5.73 Å². The highest BCUT2D eigenvalue weighted by atomic mass is 16.6. The number of carbonyl (C=O) groups is 2. The normalized spacial score (nSPS) is 52.9. The number of esters is 2. The maximum atomic E-state index is 17.5. The Hall–Kier alpha value is -3.88. The lowest BCUT2D eigenvalue weighted by Crippen LogP contribution is -2.78. The first kappa shape index (κ1) is 56.3. The van der Waals surface area contributed by atoms with Crippen molar-refractivity contribution in [3.63, 3.8) is 0 Å². The third-order valence-electron chi connectivity index (χ3n) is 34.4. The van der Waals surface area contributed by atoms with Crippen LogP contribution in [-0.4, -0.2) is 65.1 Å². The summed E-state index contributed by atoms with van der Waals surface area (Å²) >= 11 is 0. The largest absolute Gasteiger partial charge is 0.509 e. The van der Waals surface area contributed by atoms with E-state index in [1.165, 1.54) is 166 Å². The van der Waals surface area contributed by atoms with Crippen molar-refractivity contribution in [2.45, 2.75) is 243 Å². The van der Waals surface area contributed by atoms with Gasteiger partial charge in [0.25, 0.3) is 0 Å². The van der Waals surface area contributed by atoms with Crippen LogP contribution in [-0.2, 0) is 26.3 Å². The average Bonchev–Trinajstić information content (AvgIpc) is 1.54. The van der Waals surface area contributed by atoms with Crippen LogP contribution in [0.15, 0.2) is 88.1 Å². The summed E-state index contributed by atoms with van der Waals surface area (Å²) in [5, 5.41) is 14.7. The number of aliphatic hydroxyl groups excluding tert-OH is 1. The van der Waals surface area contributed by atoms with E-state index in [2.05, 4.69) is 72.2 Å². The summed E-state index contributed by atoms with van der Waals surface area (Å²) in [6, 6.07) is 7.27. The summed E-state index contributed by atoms with van der Waals surface area (Å²) in [6.07, 6.45) is 53.4. The Labute approximate surface area is 543 Å². The van der Waals surface area contributed by atoms with E-state index in [4.69, 9.17) is 15.2 Å². The van der Waals surface area contributed by atoms with E-state index in [0.29, 0.717) is 112 Å². The molecule has 8 saturated carbocycles. The van der Waals surface area contributed by atoms with Crippen LogP contribution in [0, 0.1) is 121 Å². The fraction of sp³-hybridized carbons (Fsp3) is 0.759. The molecule has 3 saturated heterocycles. The van der Waals surface area contributed by atoms with Crippen LogP contribution in [0.3, 0.4) is 0 Å². The van der Waals surface area contributed by atoms with Crippen molar-refractivity contribution in [1.82, 2.24) is 9.80 Å². The van der Waals surface area contributed by atoms with Gasteiger partial charge in [-0.05, 0) is 277 Å². The van der Waals surface area contributed by atoms with Crippen molar-refractivity contribution in [2.75, 3.05) is 26.2 Å². The molecule has 8 nitrogen and oxygen atoms in total. The molecule has 9 aliphatic heterocycles. The van der Waals surface area contributed by atoms with E-state index in [9.17, 15) is 5.11 Å². The fourth-order valence-electron chi connectivity index (χ4n) is 32.2. The number of benzene rings is 1. The first-order chi connectivity index (χ1) is 44.3. The van der Waals surface area contributed by atoms with Gasteiger partial charge in [0.05, 0.1) is 11.0 Å². The van der Waals surface area contributed by atoms with Gasteiger partial charge in [-0.2, -0.15) is 0 Å². The quantitative estimate of drug-likeness (QED) is 0.227. The Balaban J connectivity index is 0.825. The van der Waals surface area contributed by atoms with Crippen molar-refractivity contribution in [2.24, 2.45) is 126 Å². The smallest absolute Gasteiger partial charge is 0.339 e. The zero-order valence-corrected chi connectivity index (χ0v) is 55.6. The second kappa shape index (κ2) is 19.0. The summed E-state index contributed by atoms with van der Waals surface area (Å²) < 4.78 is 15.5. The van der Waals surface area contributed by atoms with Crippen LogP contribution in [0.5, 0.6) is 0 Å². The number of nitrogens with two attached hydrogens (primary N) is 1. The van der Waals surface area contributed by atoms with E-state index >= 15 is 9.59 Å². The number of rotatable bonds is 4. The topological polar surface area (TPSA) is 105 Å². The molecule has 0 radical (unpaired) electrons. The number of hydrogen-bond acceptors (Lipinski definition) is 8. The first-order valence-corrected chi connectivity index (χ1v) is 39.1. The molecule has 8 heteroatoms. The van der Waals surface area contributed by atoms with Crippen LogP contribution in [0.4, 0.5) is 0 Å². The molecule has 1 unspecified atom stereocenters. The van der Waals surface area contributed by atoms with Gasteiger partial charge in [0.15, 0.2) is 11.4 Å². The minimum absolute atomic E-state index is 0.0692. The number of nitrogens with zero attached hydrogens (tertiary/aromatic N) is 2. The van der Waals surface area contributed by atoms with Crippen molar-refractivity contribution in [3.05, 3.63) is 105 Å². The zero-order chi connectivity index (χ0) is 60.6. The number of aliphatic hydroxyl groups is 1. The molecular formula is C83H107N3O5. The molecule has 11 fully saturated rings. The van der Waals surface area contributed by atoms with Gasteiger partial charge in [-0.3, -0.25) is 9.69 Å². The highest BCUT2D eigenvalue weighted by Crippen LogP contribution is 2.89. The number of piperidine rings is 2. The molecule has 9 heterocycles. The lowest BCUT2D eigenvalue weighted by molar-refractivity contribution is -0.283. The molecule has 0 aromatic heterocycles. The lowest BCUT2D eigenvalue weighted by Gasteiger charge is -2.73. The molecule has 7 spiro atoms. The van der Waals surface area contributed by atoms with Crippen molar-refractivity contribution in [1.29, 1.82) is 0 Å². The standard InChI is InChI=1S/C83H107N3O5/c1-48-11-5-13-52-38-56-39-61-49(2)36-54-19-21-65-57-37-50-43-85(45-57)68(77-31-22-58-16-8-28-79(58)29-10-30-80(79,47-77)78(46-77)26-3-4-27-78)41-66(87)73-81-33-24-60(70(61)72(54)86(65)44-50)71(56)82(81,75(89)90-73)67(83(81)64-17-6-12-51(15-9-34-84)69(64)74(88)91-83)40-62(52)55-14-7-25-76(42-55)32-23-59-53(35-48)18-20-63(59)76/h6,12,17-18,20,22,31,38,48-50,53,55-59,61-63,65,67-68,70,87H,3-5,7-11,13-16,19,21,23-30,32-37,39-47,84H2,1-2H3/b52-38-,73-66-/t48-,49+,50-,53+,55+,56-,57+,58+,59+,61-,62-,63+,65+,67-,68-,70+,76+,77-,79-,80+,81+,82+,83+/m0/s1. The molecule has 19 bridgehead atoms. The number of aryl methyl sites for hydroxylation is 1. The zero-order valence-electron chi connectivity index (χ0n) is 55.6. The van der Waals surface area contributed by atoms with Gasteiger partial charge in [-0.1, -0.05) is 118 Å². The van der Waals surface area contributed by atoms with Crippen LogP contribution in [0.25, 0.3) is 0 Å². The summed E-state index contributed by atoms with van der Waals surface area (Å²) in [6.45, 7) is 9.07. The predicted molar refractivity (Wildman–Crippen MR) is 353 cm³/mol. The molecule has 1 aromatic rings. The second-order valence-electron chi connectivity index (χ2n) is 37.0. The van der Waals surface area contributed by atoms with Gasteiger partial charge >= 0.3 is 11.9 Å². The molecule has 24 rings (SSSR count). The van der Waals surface area contributed by atoms with Gasteiger partial charge < -0.3 is 25.2 Å². The summed E-state index contributed by atoms with van der Waals surface area (Å²) in [5.41, 5.74) is 15.2. The Bertz CT molecular complexity index is 3560. The highest BCUT2D eigenvalue weighted by Gasteiger charge is 2.94. The maximum absolute atomic E-state index is 17.5. The molecule has 14 aliphatic carbocycles. The lowest BCUT2D eigenvalue weighted by atomic mass is 9.27. The van der Waals surface area contributed by atoms with Crippen LogP contribution in [0.1, 0.15) is 241 Å². The Kier molecular flexibility index (Phi) is 11.8. The van der Waals surface area contributed by atoms with Crippen molar-refractivity contribution >= 4 is 11.9 Å². The Morgan fingerprint density at radius 1 is 0.780 bits per heavy atom. The molecule has 23 aliphatic rings. The van der Waals surface area contributed by atoms with Gasteiger partial charge in [0.1, 0.15) is 11.2 Å². The first-order valence-electron chi connectivity index (χ1n) is 39.1. The summed E-state index contributed by atoms with van der Waals surface area (Å²) in [5.74, 6) is 7.01. The van der Waals surface area contributed by atoms with Gasteiger partial charge in [0, 0.05) is 66.7 Å². The molecule has 1 aromatic carbocycles. The molecule has 0 amide bonds. The van der Waals surface area contributed by atoms with E-state index in [1.807, 2.05) is 0 Å². The Morgan fingerprint density at radius 2 is 1.67 bits per heavy atom. The van der Waals surface area contributed by atoms with Crippen LogP contribution >= 0.6 is 0 Å². The number of allylic oxidation sites excluding steroid dienone is 7. The van der Waals surface area contributed by atoms with E-state index in [0.717, 1.165) is 80.3 Å². The summed E-state index contributed by atoms with van der Waals surface area (Å²) in [7, 11) is 0. The van der Waals surface area contributed by atoms with Gasteiger partial charge in [-0.15, -0.1) is 0 Å². The summed E-state index contributed by atoms with van der Waals surface area (Å²) in [4.78, 5) is 39.7. The minimum atomic E-state index is -1.19. The number of carbonyl (C=O) groups excluding carboxylic acids is 2. The maximum Gasteiger partial charge on any atom is 0.339 e. The van der Waals surface area contributed by atoms with Gasteiger partial charge in [0.2, 0.25) is 0 Å². The molecular weight excluding hydrogens is 1120 g/mol. The fourth-order valence-corrected chi connectivity index (χ4v) is 32.2. The predicted octanol–water partition coefficient (Wildman–Crippen LogP) is 17.1. The Morgan fingerprint density at radius 3 is 2.57 bits per heavy atom. The third-order valence-corrected chi connectivity index (χ3v) is 34.4. The highest BCUT2D eigenvalue weighted by molar-refractivity contribution is 6.00. The molecule has 484 valence electrons. The van der Waals surface area contributed by atoms with E-state index in [1.54, 1.807) is 22.4 Å². The van der Waals surface area contributed by atoms with Crippen molar-refractivity contribution in [3.8, 4) is 0 Å². The van der Waals surface area contributed by atoms with Gasteiger partial charge in [-0.25, -0.2) is 4.79 Å². The number of fused-ring (bicyclic) bond motifs is 7. The van der Waals surface area contributed by atoms with Crippen LogP contribution in [0.2, 0.25) is 0 Å². The molecule has 24 atom stereocenters. The van der Waals surface area contributed by atoms with E-state index < -0.39 is 16.4 Å². The monoisotopic (exact) mass is 1230 g/mol. The molecule has 91 heavy (non-hydrogen) atoms. The molecule has 3 N–H and O–H groups in total. The second-order valence-corrected chi connectivity index (χ2v) is 37.0. The minimum Gasteiger partial charge on any atom is -0.509 e. The number of hydrogen-bond donors (Lipinski definition) is 2. The van der Waals surface area contributed by atoms with Crippen molar-refractivity contribution < 1.29 is 24.2 Å². The number of ether oxygens (including phenoxy) is 2. The average molecular weight is 1230 g/mol. The van der Waals surface area contributed by atoms with E-state index in [-0.39, 0.29) is 47.1 Å². The third kappa shape index (κ3) is 6.63. The SMILES string of the molecule is C[C@H]1CCC/C2=C/[C@H]3C[C@@H]4[C@H]5C6=C3[C@]37C(=O)O/C(=C(\O)C[C@@H]([C@]89C=C[C@H]%10CCC[C@]%10%11CCC[C@@]%11(C8)C8(CCCC8)C9)N8C[C@@H]9C[C@H](C8)[C@H]8CCC(=C5N8C9)C[C@H]4C)[C@@]3(CC6)[C@]3(OC(=O)c4c(CCCN)cccc43)[C@H]7C[C@@H]2[C@@H]2CCC[C@@]3(CC[C@@H]4[C@H](C=C[C@H]43)C1)C2.